The minimum absolute atomic E-state index is 0.295. The summed E-state index contributed by atoms with van der Waals surface area (Å²) in [5.74, 6) is 1.10. The summed E-state index contributed by atoms with van der Waals surface area (Å²) in [7, 11) is 0. The first-order valence-corrected chi connectivity index (χ1v) is 6.55. The van der Waals surface area contributed by atoms with Crippen LogP contribution in [-0.4, -0.2) is 21.6 Å². The van der Waals surface area contributed by atoms with Crippen molar-refractivity contribution in [2.75, 3.05) is 6.61 Å². The van der Waals surface area contributed by atoms with Crippen molar-refractivity contribution in [3.63, 3.8) is 0 Å². The Kier molecular flexibility index (Phi) is 4.16. The Bertz CT molecular complexity index is 548. The zero-order valence-electron chi connectivity index (χ0n) is 11.6. The van der Waals surface area contributed by atoms with Crippen molar-refractivity contribution in [2.45, 2.75) is 33.2 Å². The molecule has 102 valence electrons. The Morgan fingerprint density at radius 3 is 2.68 bits per heavy atom. The van der Waals surface area contributed by atoms with Crippen LogP contribution in [0.5, 0.6) is 5.75 Å². The van der Waals surface area contributed by atoms with Crippen molar-refractivity contribution in [2.24, 2.45) is 5.73 Å². The highest BCUT2D eigenvalue weighted by molar-refractivity contribution is 5.47. The molecule has 1 heterocycles. The van der Waals surface area contributed by atoms with Gasteiger partial charge in [0.1, 0.15) is 17.1 Å². The first kappa shape index (κ1) is 13.5. The normalized spacial score (nSPS) is 11.0. The van der Waals surface area contributed by atoms with Gasteiger partial charge in [0.15, 0.2) is 0 Å². The number of aromatic nitrogens is 3. The second-order valence-corrected chi connectivity index (χ2v) is 4.59. The molecule has 0 aliphatic rings. The standard InChI is InChI=1S/C14H20N4O/c1-4-19-13-8-6-5-7-12(13)18-14(10(2)3)11(9-15)16-17-18/h5-8,10H,4,9,15H2,1-3H3. The summed E-state index contributed by atoms with van der Waals surface area (Å²) in [5, 5.41) is 8.39. The molecule has 2 aromatic rings. The highest BCUT2D eigenvalue weighted by Gasteiger charge is 2.18. The molecule has 0 saturated carbocycles. The lowest BCUT2D eigenvalue weighted by Gasteiger charge is -2.14. The van der Waals surface area contributed by atoms with E-state index in [1.165, 1.54) is 0 Å². The van der Waals surface area contributed by atoms with Gasteiger partial charge in [0, 0.05) is 6.54 Å². The predicted molar refractivity (Wildman–Crippen MR) is 74.5 cm³/mol. The number of hydrogen-bond acceptors (Lipinski definition) is 4. The zero-order chi connectivity index (χ0) is 13.8. The maximum atomic E-state index is 5.73. The number of benzene rings is 1. The predicted octanol–water partition coefficient (Wildman–Crippen LogP) is 2.25. The molecule has 5 nitrogen and oxygen atoms in total. The number of nitrogens with two attached hydrogens (primary N) is 1. The number of ether oxygens (including phenoxy) is 1. The van der Waals surface area contributed by atoms with E-state index in [0.29, 0.717) is 19.1 Å². The summed E-state index contributed by atoms with van der Waals surface area (Å²) in [5.41, 5.74) is 8.50. The molecule has 2 N–H and O–H groups in total. The van der Waals surface area contributed by atoms with E-state index in [0.717, 1.165) is 22.8 Å². The summed E-state index contributed by atoms with van der Waals surface area (Å²) in [6.07, 6.45) is 0. The molecule has 0 aliphatic heterocycles. The second kappa shape index (κ2) is 5.84. The van der Waals surface area contributed by atoms with Gasteiger partial charge in [-0.3, -0.25) is 0 Å². The van der Waals surface area contributed by atoms with E-state index in [1.54, 1.807) is 0 Å². The molecular formula is C14H20N4O. The molecule has 0 fully saturated rings. The Labute approximate surface area is 113 Å². The highest BCUT2D eigenvalue weighted by atomic mass is 16.5. The average molecular weight is 260 g/mol. The smallest absolute Gasteiger partial charge is 0.145 e. The molecule has 0 spiro atoms. The molecular weight excluding hydrogens is 240 g/mol. The molecule has 5 heteroatoms. The van der Waals surface area contributed by atoms with E-state index < -0.39 is 0 Å². The van der Waals surface area contributed by atoms with Crippen LogP contribution in [0, 0.1) is 0 Å². The minimum atomic E-state index is 0.295. The summed E-state index contributed by atoms with van der Waals surface area (Å²) >= 11 is 0. The molecule has 19 heavy (non-hydrogen) atoms. The largest absolute Gasteiger partial charge is 0.492 e. The molecule has 0 bridgehead atoms. The van der Waals surface area contributed by atoms with Crippen LogP contribution in [0.25, 0.3) is 5.69 Å². The van der Waals surface area contributed by atoms with E-state index >= 15 is 0 Å². The van der Waals surface area contributed by atoms with Crippen molar-refractivity contribution in [3.05, 3.63) is 35.7 Å². The van der Waals surface area contributed by atoms with Crippen LogP contribution >= 0.6 is 0 Å². The average Bonchev–Trinajstić information content (AvgIpc) is 2.83. The fourth-order valence-electron chi connectivity index (χ4n) is 2.13. The molecule has 0 radical (unpaired) electrons. The van der Waals surface area contributed by atoms with Crippen LogP contribution in [-0.2, 0) is 6.54 Å². The van der Waals surface area contributed by atoms with Crippen molar-refractivity contribution < 1.29 is 4.74 Å². The zero-order valence-corrected chi connectivity index (χ0v) is 11.6. The second-order valence-electron chi connectivity index (χ2n) is 4.59. The van der Waals surface area contributed by atoms with E-state index in [2.05, 4.69) is 24.2 Å². The van der Waals surface area contributed by atoms with Gasteiger partial charge in [-0.1, -0.05) is 31.2 Å². The van der Waals surface area contributed by atoms with Gasteiger partial charge in [-0.25, -0.2) is 4.68 Å². The summed E-state index contributed by atoms with van der Waals surface area (Å²) in [4.78, 5) is 0. The number of nitrogens with zero attached hydrogens (tertiary/aromatic N) is 3. The van der Waals surface area contributed by atoms with Gasteiger partial charge in [0.2, 0.25) is 0 Å². The molecule has 0 aliphatic carbocycles. The summed E-state index contributed by atoms with van der Waals surface area (Å²) in [6.45, 7) is 7.19. The Balaban J connectivity index is 2.56. The van der Waals surface area contributed by atoms with E-state index in [1.807, 2.05) is 35.9 Å². The van der Waals surface area contributed by atoms with Gasteiger partial charge in [0.25, 0.3) is 0 Å². The fourth-order valence-corrected chi connectivity index (χ4v) is 2.13. The third kappa shape index (κ3) is 2.61. The van der Waals surface area contributed by atoms with Gasteiger partial charge in [0.05, 0.1) is 12.3 Å². The number of rotatable bonds is 5. The topological polar surface area (TPSA) is 66.0 Å². The first-order valence-electron chi connectivity index (χ1n) is 6.55. The van der Waals surface area contributed by atoms with Gasteiger partial charge < -0.3 is 10.5 Å². The van der Waals surface area contributed by atoms with Gasteiger partial charge in [-0.05, 0) is 25.0 Å². The third-order valence-corrected chi connectivity index (χ3v) is 2.91. The first-order chi connectivity index (χ1) is 9.19. The van der Waals surface area contributed by atoms with Crippen LogP contribution in [0.15, 0.2) is 24.3 Å². The lowest BCUT2D eigenvalue weighted by Crippen LogP contribution is -2.09. The van der Waals surface area contributed by atoms with Crippen LogP contribution < -0.4 is 10.5 Å². The van der Waals surface area contributed by atoms with Gasteiger partial charge in [-0.15, -0.1) is 5.10 Å². The molecule has 1 aromatic carbocycles. The lowest BCUT2D eigenvalue weighted by molar-refractivity contribution is 0.338. The maximum absolute atomic E-state index is 5.73. The molecule has 2 rings (SSSR count). The lowest BCUT2D eigenvalue weighted by atomic mass is 10.1. The van der Waals surface area contributed by atoms with Crippen LogP contribution in [0.3, 0.4) is 0 Å². The Hall–Kier alpha value is -1.88. The highest BCUT2D eigenvalue weighted by Crippen LogP contribution is 2.27. The van der Waals surface area contributed by atoms with E-state index in [-0.39, 0.29) is 0 Å². The van der Waals surface area contributed by atoms with Gasteiger partial charge >= 0.3 is 0 Å². The van der Waals surface area contributed by atoms with E-state index in [4.69, 9.17) is 10.5 Å². The SMILES string of the molecule is CCOc1ccccc1-n1nnc(CN)c1C(C)C. The molecule has 0 saturated heterocycles. The van der Waals surface area contributed by atoms with Gasteiger partial charge in [-0.2, -0.15) is 0 Å². The van der Waals surface area contributed by atoms with Crippen LogP contribution in [0.4, 0.5) is 0 Å². The molecule has 1 aromatic heterocycles. The fraction of sp³-hybridized carbons (Fsp3) is 0.429. The molecule has 0 unspecified atom stereocenters. The monoisotopic (exact) mass is 260 g/mol. The summed E-state index contributed by atoms with van der Waals surface area (Å²) in [6, 6.07) is 7.83. The maximum Gasteiger partial charge on any atom is 0.145 e. The van der Waals surface area contributed by atoms with E-state index in [9.17, 15) is 0 Å². The van der Waals surface area contributed by atoms with Crippen LogP contribution in [0.2, 0.25) is 0 Å². The Morgan fingerprint density at radius 2 is 2.05 bits per heavy atom. The molecule has 0 amide bonds. The molecule has 0 atom stereocenters. The Morgan fingerprint density at radius 1 is 1.32 bits per heavy atom. The third-order valence-electron chi connectivity index (χ3n) is 2.91. The van der Waals surface area contributed by atoms with Crippen LogP contribution in [0.1, 0.15) is 38.1 Å². The van der Waals surface area contributed by atoms with Crippen molar-refractivity contribution in [3.8, 4) is 11.4 Å². The quantitative estimate of drug-likeness (QED) is 0.895. The van der Waals surface area contributed by atoms with Crippen molar-refractivity contribution in [1.82, 2.24) is 15.0 Å². The van der Waals surface area contributed by atoms with Crippen molar-refractivity contribution in [1.29, 1.82) is 0 Å². The van der Waals surface area contributed by atoms with Crippen molar-refractivity contribution >= 4 is 0 Å². The summed E-state index contributed by atoms with van der Waals surface area (Å²) < 4.78 is 7.48. The minimum Gasteiger partial charge on any atom is -0.492 e. The number of para-hydroxylation sites is 2. The number of hydrogen-bond donors (Lipinski definition) is 1.